The molecular formula is C14H20N4O3. The lowest BCUT2D eigenvalue weighted by molar-refractivity contribution is -0.0207. The van der Waals surface area contributed by atoms with Crippen LogP contribution >= 0.6 is 0 Å². The van der Waals surface area contributed by atoms with Gasteiger partial charge in [0.15, 0.2) is 11.2 Å². The van der Waals surface area contributed by atoms with Gasteiger partial charge in [-0.2, -0.15) is 4.98 Å². The normalized spacial score (nSPS) is 22.3. The Bertz CT molecular complexity index is 613. The minimum absolute atomic E-state index is 0.0425. The fourth-order valence-corrected chi connectivity index (χ4v) is 2.42. The Morgan fingerprint density at radius 1 is 1.38 bits per heavy atom. The summed E-state index contributed by atoms with van der Waals surface area (Å²) in [4.78, 5) is 12.8. The molecule has 0 radical (unpaired) electrons. The zero-order chi connectivity index (χ0) is 14.8. The van der Waals surface area contributed by atoms with Crippen LogP contribution in [-0.2, 0) is 4.74 Å². The van der Waals surface area contributed by atoms with Crippen LogP contribution < -0.4 is 4.74 Å². The molecule has 0 aliphatic carbocycles. The zero-order valence-corrected chi connectivity index (χ0v) is 12.3. The van der Waals surface area contributed by atoms with Crippen LogP contribution in [0, 0.1) is 5.92 Å². The van der Waals surface area contributed by atoms with Crippen LogP contribution in [0.5, 0.6) is 5.88 Å². The molecule has 2 aromatic heterocycles. The minimum Gasteiger partial charge on any atom is -0.476 e. The van der Waals surface area contributed by atoms with Crippen molar-refractivity contribution in [1.29, 1.82) is 0 Å². The van der Waals surface area contributed by atoms with Gasteiger partial charge in [-0.05, 0) is 18.8 Å². The van der Waals surface area contributed by atoms with Crippen LogP contribution in [0.1, 0.15) is 32.9 Å². The number of rotatable bonds is 5. The summed E-state index contributed by atoms with van der Waals surface area (Å²) in [6.07, 6.45) is 4.61. The minimum atomic E-state index is -0.139. The van der Waals surface area contributed by atoms with E-state index in [1.165, 1.54) is 6.33 Å². The van der Waals surface area contributed by atoms with Gasteiger partial charge in [-0.25, -0.2) is 9.97 Å². The Labute approximate surface area is 122 Å². The Hall–Kier alpha value is -1.73. The second-order valence-electron chi connectivity index (χ2n) is 5.68. The van der Waals surface area contributed by atoms with Crippen LogP contribution in [-0.4, -0.2) is 43.9 Å². The van der Waals surface area contributed by atoms with E-state index in [2.05, 4.69) is 28.8 Å². The molecule has 3 heterocycles. The van der Waals surface area contributed by atoms with Crippen LogP contribution in [0.25, 0.3) is 11.2 Å². The molecule has 0 aromatic carbocycles. The number of aromatic nitrogens is 4. The summed E-state index contributed by atoms with van der Waals surface area (Å²) in [7, 11) is 0. The van der Waals surface area contributed by atoms with Gasteiger partial charge in [-0.3, -0.25) is 4.57 Å². The van der Waals surface area contributed by atoms with Crippen molar-refractivity contribution in [2.24, 2.45) is 5.92 Å². The summed E-state index contributed by atoms with van der Waals surface area (Å²) in [5, 5.41) is 9.17. The van der Waals surface area contributed by atoms with E-state index < -0.39 is 0 Å². The first kappa shape index (κ1) is 14.2. The van der Waals surface area contributed by atoms with Gasteiger partial charge in [0.1, 0.15) is 12.6 Å². The number of ether oxygens (including phenoxy) is 2. The Kier molecular flexibility index (Phi) is 4.03. The molecule has 1 saturated heterocycles. The van der Waals surface area contributed by atoms with E-state index >= 15 is 0 Å². The summed E-state index contributed by atoms with van der Waals surface area (Å²) in [6.45, 7) is 4.79. The van der Waals surface area contributed by atoms with E-state index in [4.69, 9.17) is 14.6 Å². The molecule has 0 unspecified atom stereocenters. The predicted octanol–water partition coefficient (Wildman–Crippen LogP) is 1.53. The molecule has 2 atom stereocenters. The molecule has 7 nitrogen and oxygen atoms in total. The molecule has 1 aliphatic rings. The molecule has 1 fully saturated rings. The number of hydrogen-bond donors (Lipinski definition) is 1. The van der Waals surface area contributed by atoms with Crippen molar-refractivity contribution in [3.05, 3.63) is 12.7 Å². The molecule has 3 rings (SSSR count). The standard InChI is InChI=1S/C14H20N4O3/c1-9(2)6-20-14-12-13(15-7-16-14)18(8-17-12)11-4-3-10(5-19)21-11/h7-11,19H,3-6H2,1-2H3/t10-,11+/m0/s1. The number of aliphatic hydroxyl groups excluding tert-OH is 1. The summed E-state index contributed by atoms with van der Waals surface area (Å²) >= 11 is 0. The van der Waals surface area contributed by atoms with Gasteiger partial charge in [-0.15, -0.1) is 0 Å². The van der Waals surface area contributed by atoms with Crippen LogP contribution in [0.15, 0.2) is 12.7 Å². The maximum Gasteiger partial charge on any atom is 0.245 e. The lowest BCUT2D eigenvalue weighted by Crippen LogP contribution is -2.14. The van der Waals surface area contributed by atoms with Gasteiger partial charge >= 0.3 is 0 Å². The second-order valence-corrected chi connectivity index (χ2v) is 5.68. The van der Waals surface area contributed by atoms with Crippen molar-refractivity contribution in [2.75, 3.05) is 13.2 Å². The first-order chi connectivity index (χ1) is 10.2. The second kappa shape index (κ2) is 5.95. The van der Waals surface area contributed by atoms with E-state index in [9.17, 15) is 0 Å². The average molecular weight is 292 g/mol. The number of nitrogens with zero attached hydrogens (tertiary/aromatic N) is 4. The number of fused-ring (bicyclic) bond motifs is 1. The molecule has 21 heavy (non-hydrogen) atoms. The van der Waals surface area contributed by atoms with Crippen molar-refractivity contribution in [1.82, 2.24) is 19.5 Å². The van der Waals surface area contributed by atoms with E-state index in [0.29, 0.717) is 29.6 Å². The van der Waals surface area contributed by atoms with Crippen molar-refractivity contribution in [2.45, 2.75) is 39.0 Å². The van der Waals surface area contributed by atoms with Crippen molar-refractivity contribution in [3.8, 4) is 5.88 Å². The zero-order valence-electron chi connectivity index (χ0n) is 12.3. The lowest BCUT2D eigenvalue weighted by Gasteiger charge is -2.14. The first-order valence-corrected chi connectivity index (χ1v) is 7.25. The number of imidazole rings is 1. The number of hydrogen-bond acceptors (Lipinski definition) is 6. The Balaban J connectivity index is 1.87. The van der Waals surface area contributed by atoms with Gasteiger partial charge in [0.25, 0.3) is 0 Å². The third kappa shape index (κ3) is 2.84. The van der Waals surface area contributed by atoms with E-state index in [1.54, 1.807) is 6.33 Å². The monoisotopic (exact) mass is 292 g/mol. The largest absolute Gasteiger partial charge is 0.476 e. The quantitative estimate of drug-likeness (QED) is 0.900. The highest BCUT2D eigenvalue weighted by Gasteiger charge is 2.27. The number of aliphatic hydroxyl groups is 1. The van der Waals surface area contributed by atoms with Gasteiger partial charge in [0.2, 0.25) is 5.88 Å². The molecule has 7 heteroatoms. The molecule has 114 valence electrons. The highest BCUT2D eigenvalue weighted by Crippen LogP contribution is 2.31. The van der Waals surface area contributed by atoms with Gasteiger partial charge in [0, 0.05) is 0 Å². The fourth-order valence-electron chi connectivity index (χ4n) is 2.42. The molecular weight excluding hydrogens is 272 g/mol. The summed E-state index contributed by atoms with van der Waals surface area (Å²) in [5.41, 5.74) is 1.35. The molecule has 1 N–H and O–H groups in total. The molecule has 1 aliphatic heterocycles. The van der Waals surface area contributed by atoms with Crippen LogP contribution in [0.2, 0.25) is 0 Å². The van der Waals surface area contributed by atoms with E-state index in [1.807, 2.05) is 4.57 Å². The van der Waals surface area contributed by atoms with Crippen molar-refractivity contribution >= 4 is 11.2 Å². The van der Waals surface area contributed by atoms with E-state index in [0.717, 1.165) is 12.8 Å². The first-order valence-electron chi connectivity index (χ1n) is 7.25. The fraction of sp³-hybridized carbons (Fsp3) is 0.643. The third-order valence-corrected chi connectivity index (χ3v) is 3.48. The lowest BCUT2D eigenvalue weighted by atomic mass is 10.2. The Morgan fingerprint density at radius 3 is 2.95 bits per heavy atom. The highest BCUT2D eigenvalue weighted by molar-refractivity contribution is 5.75. The molecule has 0 amide bonds. The topological polar surface area (TPSA) is 82.3 Å². The Morgan fingerprint density at radius 2 is 2.24 bits per heavy atom. The summed E-state index contributed by atoms with van der Waals surface area (Å²) in [6, 6.07) is 0. The van der Waals surface area contributed by atoms with Gasteiger partial charge < -0.3 is 14.6 Å². The molecule has 0 saturated carbocycles. The van der Waals surface area contributed by atoms with Gasteiger partial charge in [-0.1, -0.05) is 13.8 Å². The highest BCUT2D eigenvalue weighted by atomic mass is 16.5. The third-order valence-electron chi connectivity index (χ3n) is 3.48. The maximum atomic E-state index is 9.17. The van der Waals surface area contributed by atoms with Crippen LogP contribution in [0.3, 0.4) is 0 Å². The molecule has 2 aromatic rings. The smallest absolute Gasteiger partial charge is 0.245 e. The van der Waals surface area contributed by atoms with Crippen molar-refractivity contribution < 1.29 is 14.6 Å². The van der Waals surface area contributed by atoms with Crippen LogP contribution in [0.4, 0.5) is 0 Å². The SMILES string of the molecule is CC(C)COc1ncnc2c1ncn2[C@H]1CC[C@@H](CO)O1. The molecule has 0 spiro atoms. The van der Waals surface area contributed by atoms with E-state index in [-0.39, 0.29) is 18.9 Å². The maximum absolute atomic E-state index is 9.17. The predicted molar refractivity (Wildman–Crippen MR) is 75.9 cm³/mol. The van der Waals surface area contributed by atoms with Crippen molar-refractivity contribution in [3.63, 3.8) is 0 Å². The van der Waals surface area contributed by atoms with Gasteiger partial charge in [0.05, 0.1) is 25.6 Å². The average Bonchev–Trinajstić information content (AvgIpc) is 3.10. The molecule has 0 bridgehead atoms. The summed E-state index contributed by atoms with van der Waals surface area (Å²) in [5.74, 6) is 0.921. The summed E-state index contributed by atoms with van der Waals surface area (Å²) < 4.78 is 13.3.